The van der Waals surface area contributed by atoms with Crippen molar-refractivity contribution in [2.75, 3.05) is 34.2 Å². The van der Waals surface area contributed by atoms with Crippen LogP contribution in [0.3, 0.4) is 0 Å². The lowest BCUT2D eigenvalue weighted by Gasteiger charge is -2.20. The van der Waals surface area contributed by atoms with Crippen LogP contribution in [0.1, 0.15) is 10.4 Å². The number of nitrogens with zero attached hydrogens (tertiary/aromatic N) is 2. The molecule has 0 spiro atoms. The number of benzene rings is 1. The van der Waals surface area contributed by atoms with Gasteiger partial charge < -0.3 is 9.80 Å². The van der Waals surface area contributed by atoms with Gasteiger partial charge in [-0.2, -0.15) is 0 Å². The lowest BCUT2D eigenvalue weighted by atomic mass is 10.2. The summed E-state index contributed by atoms with van der Waals surface area (Å²) in [6, 6.07) is 7.11. The van der Waals surface area contributed by atoms with Crippen molar-refractivity contribution < 1.29 is 4.79 Å². The number of hydrogen-bond acceptors (Lipinski definition) is 2. The number of hydrogen-bond donors (Lipinski definition) is 0. The SMILES string of the molecule is CN(C)CCN(C)C(=O)c1ccccc1Cl. The number of carbonyl (C=O) groups excluding carboxylic acids is 1. The molecule has 0 saturated heterocycles. The molecule has 88 valence electrons. The maximum atomic E-state index is 12.0. The van der Waals surface area contributed by atoms with Crippen LogP contribution in [-0.2, 0) is 0 Å². The first-order chi connectivity index (χ1) is 7.52. The van der Waals surface area contributed by atoms with E-state index in [0.717, 1.165) is 6.54 Å². The van der Waals surface area contributed by atoms with E-state index in [1.165, 1.54) is 0 Å². The molecule has 0 aliphatic rings. The third-order valence-corrected chi connectivity index (χ3v) is 2.66. The van der Waals surface area contributed by atoms with Gasteiger partial charge >= 0.3 is 0 Å². The Morgan fingerprint density at radius 1 is 1.19 bits per heavy atom. The van der Waals surface area contributed by atoms with E-state index in [4.69, 9.17) is 11.6 Å². The van der Waals surface area contributed by atoms with Gasteiger partial charge in [-0.05, 0) is 26.2 Å². The zero-order chi connectivity index (χ0) is 12.1. The molecule has 1 amide bonds. The van der Waals surface area contributed by atoms with Gasteiger partial charge in [0.05, 0.1) is 10.6 Å². The topological polar surface area (TPSA) is 23.6 Å². The normalized spacial score (nSPS) is 10.6. The number of likely N-dealkylation sites (N-methyl/N-ethyl adjacent to an activating group) is 2. The molecule has 1 aromatic rings. The van der Waals surface area contributed by atoms with Crippen molar-refractivity contribution in [3.05, 3.63) is 34.9 Å². The molecular weight excluding hydrogens is 224 g/mol. The van der Waals surface area contributed by atoms with Gasteiger partial charge in [-0.25, -0.2) is 0 Å². The summed E-state index contributed by atoms with van der Waals surface area (Å²) < 4.78 is 0. The average molecular weight is 241 g/mol. The Balaban J connectivity index is 2.67. The molecule has 0 N–H and O–H groups in total. The van der Waals surface area contributed by atoms with E-state index >= 15 is 0 Å². The van der Waals surface area contributed by atoms with Crippen LogP contribution in [0.4, 0.5) is 0 Å². The van der Waals surface area contributed by atoms with E-state index in [2.05, 4.69) is 0 Å². The number of carbonyl (C=O) groups is 1. The summed E-state index contributed by atoms with van der Waals surface area (Å²) in [6.45, 7) is 1.53. The van der Waals surface area contributed by atoms with E-state index < -0.39 is 0 Å². The second-order valence-corrected chi connectivity index (χ2v) is 4.42. The molecule has 0 aliphatic carbocycles. The first-order valence-electron chi connectivity index (χ1n) is 5.17. The summed E-state index contributed by atoms with van der Waals surface area (Å²) in [4.78, 5) is 15.7. The van der Waals surface area contributed by atoms with Gasteiger partial charge in [0.15, 0.2) is 0 Å². The summed E-state index contributed by atoms with van der Waals surface area (Å²) in [5.41, 5.74) is 0.561. The summed E-state index contributed by atoms with van der Waals surface area (Å²) in [7, 11) is 5.75. The van der Waals surface area contributed by atoms with Crippen molar-refractivity contribution >= 4 is 17.5 Å². The van der Waals surface area contributed by atoms with E-state index in [1.807, 2.05) is 31.1 Å². The molecule has 3 nitrogen and oxygen atoms in total. The van der Waals surface area contributed by atoms with Gasteiger partial charge in [-0.1, -0.05) is 23.7 Å². The molecule has 0 saturated carbocycles. The Hall–Kier alpha value is -1.06. The molecule has 1 aromatic carbocycles. The van der Waals surface area contributed by atoms with Crippen molar-refractivity contribution in [3.63, 3.8) is 0 Å². The quantitative estimate of drug-likeness (QED) is 0.804. The average Bonchev–Trinajstić information content (AvgIpc) is 2.25. The van der Waals surface area contributed by atoms with Crippen LogP contribution in [-0.4, -0.2) is 49.9 Å². The van der Waals surface area contributed by atoms with Crippen molar-refractivity contribution in [1.82, 2.24) is 9.80 Å². The molecule has 0 heterocycles. The Labute approximate surface area is 102 Å². The van der Waals surface area contributed by atoms with Crippen LogP contribution in [0, 0.1) is 0 Å². The zero-order valence-corrected chi connectivity index (χ0v) is 10.7. The fourth-order valence-electron chi connectivity index (χ4n) is 1.29. The Bertz CT molecular complexity index is 366. The van der Waals surface area contributed by atoms with Crippen LogP contribution in [0.2, 0.25) is 5.02 Å². The minimum atomic E-state index is -0.0348. The highest BCUT2D eigenvalue weighted by atomic mass is 35.5. The third kappa shape index (κ3) is 3.51. The standard InChI is InChI=1S/C12H17ClN2O/c1-14(2)8-9-15(3)12(16)10-6-4-5-7-11(10)13/h4-7H,8-9H2,1-3H3. The van der Waals surface area contributed by atoms with Crippen LogP contribution < -0.4 is 0 Å². The van der Waals surface area contributed by atoms with Crippen LogP contribution in [0.5, 0.6) is 0 Å². The number of amides is 1. The van der Waals surface area contributed by atoms with Gasteiger partial charge in [-0.15, -0.1) is 0 Å². The minimum Gasteiger partial charge on any atom is -0.340 e. The molecule has 0 aromatic heterocycles. The van der Waals surface area contributed by atoms with Gasteiger partial charge in [0.2, 0.25) is 0 Å². The van der Waals surface area contributed by atoms with E-state index in [1.54, 1.807) is 24.1 Å². The third-order valence-electron chi connectivity index (χ3n) is 2.33. The van der Waals surface area contributed by atoms with E-state index in [9.17, 15) is 4.79 Å². The molecular formula is C12H17ClN2O. The highest BCUT2D eigenvalue weighted by Gasteiger charge is 2.14. The molecule has 0 unspecified atom stereocenters. The van der Waals surface area contributed by atoms with E-state index in [-0.39, 0.29) is 5.91 Å². The van der Waals surface area contributed by atoms with Gasteiger partial charge in [-0.3, -0.25) is 4.79 Å². The Morgan fingerprint density at radius 2 is 1.81 bits per heavy atom. The minimum absolute atomic E-state index is 0.0348. The molecule has 0 bridgehead atoms. The largest absolute Gasteiger partial charge is 0.340 e. The lowest BCUT2D eigenvalue weighted by molar-refractivity contribution is 0.0786. The summed E-state index contributed by atoms with van der Waals surface area (Å²) >= 11 is 5.97. The van der Waals surface area contributed by atoms with Crippen molar-refractivity contribution in [1.29, 1.82) is 0 Å². The van der Waals surface area contributed by atoms with Crippen molar-refractivity contribution in [2.24, 2.45) is 0 Å². The highest BCUT2D eigenvalue weighted by Crippen LogP contribution is 2.16. The maximum absolute atomic E-state index is 12.0. The fraction of sp³-hybridized carbons (Fsp3) is 0.417. The zero-order valence-electron chi connectivity index (χ0n) is 9.90. The first-order valence-corrected chi connectivity index (χ1v) is 5.55. The predicted octanol–water partition coefficient (Wildman–Crippen LogP) is 1.97. The first kappa shape index (κ1) is 13.0. The Morgan fingerprint density at radius 3 is 2.38 bits per heavy atom. The lowest BCUT2D eigenvalue weighted by Crippen LogP contribution is -2.33. The summed E-state index contributed by atoms with van der Waals surface area (Å²) in [5.74, 6) is -0.0348. The molecule has 1 rings (SSSR count). The summed E-state index contributed by atoms with van der Waals surface area (Å²) in [5, 5.41) is 0.504. The second-order valence-electron chi connectivity index (χ2n) is 4.01. The van der Waals surface area contributed by atoms with Gasteiger partial charge in [0.1, 0.15) is 0 Å². The predicted molar refractivity (Wildman–Crippen MR) is 67.0 cm³/mol. The molecule has 16 heavy (non-hydrogen) atoms. The van der Waals surface area contributed by atoms with Gasteiger partial charge in [0.25, 0.3) is 5.91 Å². The molecule has 0 aliphatic heterocycles. The van der Waals surface area contributed by atoms with E-state index in [0.29, 0.717) is 17.1 Å². The van der Waals surface area contributed by atoms with Crippen molar-refractivity contribution in [2.45, 2.75) is 0 Å². The monoisotopic (exact) mass is 240 g/mol. The van der Waals surface area contributed by atoms with Crippen LogP contribution in [0.15, 0.2) is 24.3 Å². The Kier molecular flexibility index (Phi) is 4.77. The molecule has 0 radical (unpaired) electrons. The second kappa shape index (κ2) is 5.87. The van der Waals surface area contributed by atoms with Gasteiger partial charge in [0, 0.05) is 20.1 Å². The summed E-state index contributed by atoms with van der Waals surface area (Å²) in [6.07, 6.45) is 0. The smallest absolute Gasteiger partial charge is 0.255 e. The highest BCUT2D eigenvalue weighted by molar-refractivity contribution is 6.33. The number of halogens is 1. The fourth-order valence-corrected chi connectivity index (χ4v) is 1.51. The molecule has 0 atom stereocenters. The molecule has 4 heteroatoms. The number of rotatable bonds is 4. The van der Waals surface area contributed by atoms with Crippen LogP contribution >= 0.6 is 11.6 Å². The maximum Gasteiger partial charge on any atom is 0.255 e. The van der Waals surface area contributed by atoms with Crippen LogP contribution in [0.25, 0.3) is 0 Å². The van der Waals surface area contributed by atoms with Crippen molar-refractivity contribution in [3.8, 4) is 0 Å². The molecule has 0 fully saturated rings.